The Morgan fingerprint density at radius 2 is 1.33 bits per heavy atom. The fourth-order valence-electron chi connectivity index (χ4n) is 3.68. The molecular formula is C23H17F2N10Na3O12S4. The molecule has 0 saturated heterocycles. The number of azo groups is 2. The summed E-state index contributed by atoms with van der Waals surface area (Å²) in [7, 11) is -14.8. The zero-order valence-electron chi connectivity index (χ0n) is 27.6. The first-order valence-electron chi connectivity index (χ1n) is 12.9. The van der Waals surface area contributed by atoms with Crippen molar-refractivity contribution in [1.82, 2.24) is 15.0 Å². The monoisotopic (exact) mass is 860 g/mol. The van der Waals surface area contributed by atoms with Crippen LogP contribution in [-0.4, -0.2) is 61.7 Å². The van der Waals surface area contributed by atoms with E-state index in [9.17, 15) is 48.4 Å². The Hall–Kier alpha value is -1.91. The standard InChI is InChI=1S/C23H20F2N10O12S4.3Na/c24-19-10-20(30-23(25)29-19)28-11-1-4-17(50(39,40)41)14(7-11)33-35-16-9-15(21(26)31-22(16)27)34-32-13-3-2-12(8-18(13)51(42,43)44)49(37,38)6-5-45-48-47-46-36;;;/h1-4,7-10,36H,5-6H2,(H4,26,27,31)(H,28,29,30)(H,39,40,41)(H,42,43,44);;;/q;3*+1/p-3. The van der Waals surface area contributed by atoms with Gasteiger partial charge in [-0.25, -0.2) is 30.2 Å². The van der Waals surface area contributed by atoms with Crippen LogP contribution in [0.3, 0.4) is 0 Å². The summed E-state index contributed by atoms with van der Waals surface area (Å²) in [5, 5.41) is 30.1. The Balaban J connectivity index is 0.00000486. The minimum absolute atomic E-state index is 0. The molecule has 0 spiro atoms. The molecule has 2 aromatic heterocycles. The molecular weight excluding hydrogens is 844 g/mol. The van der Waals surface area contributed by atoms with Gasteiger partial charge in [-0.05, 0) is 36.4 Å². The van der Waals surface area contributed by atoms with E-state index in [2.05, 4.69) is 54.3 Å². The van der Waals surface area contributed by atoms with Crippen molar-refractivity contribution in [2.24, 2.45) is 20.5 Å². The summed E-state index contributed by atoms with van der Waals surface area (Å²) >= 11 is 0.0389. The van der Waals surface area contributed by atoms with Crippen molar-refractivity contribution >= 4 is 88.3 Å². The molecule has 4 rings (SSSR count). The maximum atomic E-state index is 13.5. The van der Waals surface area contributed by atoms with E-state index in [1.54, 1.807) is 0 Å². The number of rotatable bonds is 15. The first kappa shape index (κ1) is 50.1. The van der Waals surface area contributed by atoms with Gasteiger partial charge in [-0.2, -0.15) is 18.7 Å². The van der Waals surface area contributed by atoms with E-state index >= 15 is 0 Å². The summed E-state index contributed by atoms with van der Waals surface area (Å²) < 4.78 is 132. The van der Waals surface area contributed by atoms with Gasteiger partial charge in [0.15, 0.2) is 33.8 Å². The predicted octanol–water partition coefficient (Wildman–Crippen LogP) is -6.71. The van der Waals surface area contributed by atoms with Crippen molar-refractivity contribution in [1.29, 1.82) is 0 Å². The molecule has 0 atom stereocenters. The normalized spacial score (nSPS) is 11.9. The smallest absolute Gasteiger partial charge is 0.744 e. The van der Waals surface area contributed by atoms with Crippen molar-refractivity contribution in [2.75, 3.05) is 29.1 Å². The van der Waals surface area contributed by atoms with Crippen molar-refractivity contribution < 1.29 is 151 Å². The van der Waals surface area contributed by atoms with Crippen LogP contribution in [0.15, 0.2) is 83.7 Å². The molecule has 0 bridgehead atoms. The van der Waals surface area contributed by atoms with Gasteiger partial charge in [0.25, 0.3) is 0 Å². The van der Waals surface area contributed by atoms with Crippen LogP contribution >= 0.6 is 12.3 Å². The van der Waals surface area contributed by atoms with Crippen molar-refractivity contribution in [3.05, 3.63) is 60.6 Å². The minimum atomic E-state index is -5.36. The number of pyridine rings is 1. The average molecular weight is 861 g/mol. The molecule has 272 valence electrons. The van der Waals surface area contributed by atoms with Crippen molar-refractivity contribution in [2.45, 2.75) is 14.7 Å². The van der Waals surface area contributed by atoms with Gasteiger partial charge >= 0.3 is 94.8 Å². The van der Waals surface area contributed by atoms with Crippen LogP contribution in [0.2, 0.25) is 0 Å². The number of nitrogens with zero attached hydrogens (tertiary/aromatic N) is 7. The molecule has 2 heterocycles. The zero-order valence-corrected chi connectivity index (χ0v) is 36.9. The van der Waals surface area contributed by atoms with Crippen LogP contribution in [0, 0.1) is 12.0 Å². The summed E-state index contributed by atoms with van der Waals surface area (Å²) in [6.45, 7) is -0.539. The number of halogens is 2. The Morgan fingerprint density at radius 3 is 1.91 bits per heavy atom. The van der Waals surface area contributed by atoms with E-state index in [0.717, 1.165) is 42.5 Å². The van der Waals surface area contributed by atoms with Gasteiger partial charge in [-0.3, -0.25) is 9.22 Å². The molecule has 22 nitrogen and oxygen atoms in total. The van der Waals surface area contributed by atoms with Crippen LogP contribution in [0.4, 0.5) is 54.7 Å². The van der Waals surface area contributed by atoms with Crippen LogP contribution in [0.1, 0.15) is 0 Å². The van der Waals surface area contributed by atoms with Crippen molar-refractivity contribution in [3.8, 4) is 0 Å². The van der Waals surface area contributed by atoms with Gasteiger partial charge in [0.1, 0.15) is 48.8 Å². The summed E-state index contributed by atoms with van der Waals surface area (Å²) in [5.74, 6) is -3.16. The molecule has 0 saturated carbocycles. The number of aromatic nitrogens is 3. The van der Waals surface area contributed by atoms with Gasteiger partial charge < -0.3 is 31.1 Å². The van der Waals surface area contributed by atoms with Crippen molar-refractivity contribution in [3.63, 3.8) is 0 Å². The van der Waals surface area contributed by atoms with Gasteiger partial charge in [0, 0.05) is 17.8 Å². The van der Waals surface area contributed by atoms with E-state index < -0.39 is 92.2 Å². The molecule has 2 aromatic carbocycles. The van der Waals surface area contributed by atoms with Gasteiger partial charge in [0.2, 0.25) is 5.95 Å². The molecule has 31 heteroatoms. The fraction of sp³-hybridized carbons (Fsp3) is 0.0870. The minimum Gasteiger partial charge on any atom is -0.744 e. The fourth-order valence-corrected chi connectivity index (χ4v) is 6.41. The van der Waals surface area contributed by atoms with Crippen LogP contribution in [-0.2, 0) is 43.6 Å². The number of hydrogen-bond donors (Lipinski definition) is 3. The number of hydrogen-bond acceptors (Lipinski definition) is 23. The second kappa shape index (κ2) is 21.6. The first-order valence-corrected chi connectivity index (χ1v) is 18.0. The molecule has 0 aliphatic rings. The van der Waals surface area contributed by atoms with E-state index in [4.69, 9.17) is 11.5 Å². The third-order valence-electron chi connectivity index (χ3n) is 5.84. The maximum Gasteiger partial charge on any atom is 1.00 e. The van der Waals surface area contributed by atoms with E-state index in [1.165, 1.54) is 0 Å². The number of nitrogens with two attached hydrogens (primary N) is 2. The second-order valence-electron chi connectivity index (χ2n) is 9.23. The van der Waals surface area contributed by atoms with E-state index in [-0.39, 0.29) is 124 Å². The van der Waals surface area contributed by atoms with Crippen LogP contribution in [0.5, 0.6) is 0 Å². The Bertz CT molecular complexity index is 2350. The zero-order chi connectivity index (χ0) is 37.6. The summed E-state index contributed by atoms with van der Waals surface area (Å²) in [5.41, 5.74) is 9.68. The summed E-state index contributed by atoms with van der Waals surface area (Å²) in [6, 6.07) is 6.86. The summed E-state index contributed by atoms with van der Waals surface area (Å²) in [6.07, 6.45) is -1.41. The number of nitrogens with one attached hydrogen (secondary N) is 1. The largest absolute Gasteiger partial charge is 1.00 e. The second-order valence-corrected chi connectivity index (χ2v) is 14.5. The topological polar surface area (TPSA) is 351 Å². The molecule has 0 unspecified atom stereocenters. The van der Waals surface area contributed by atoms with E-state index in [1.807, 2.05) is 0 Å². The molecule has 0 radical (unpaired) electrons. The van der Waals surface area contributed by atoms with Gasteiger partial charge in [-0.1, -0.05) is 0 Å². The Labute approximate surface area is 374 Å². The van der Waals surface area contributed by atoms with Gasteiger partial charge in [0.05, 0.1) is 27.0 Å². The number of benzene rings is 2. The Morgan fingerprint density at radius 1 is 0.741 bits per heavy atom. The predicted molar refractivity (Wildman–Crippen MR) is 163 cm³/mol. The number of nitrogen functional groups attached to an aromatic ring is 2. The first-order chi connectivity index (χ1) is 23.9. The van der Waals surface area contributed by atoms with Crippen LogP contribution < -0.4 is 111 Å². The summed E-state index contributed by atoms with van der Waals surface area (Å²) in [4.78, 5) is 7.37. The average Bonchev–Trinajstić information content (AvgIpc) is 3.02. The number of sulfone groups is 1. The molecule has 54 heavy (non-hydrogen) atoms. The molecule has 0 aliphatic heterocycles. The third-order valence-corrected chi connectivity index (χ3v) is 9.64. The third kappa shape index (κ3) is 14.2. The van der Waals surface area contributed by atoms with E-state index in [0.29, 0.717) is 6.07 Å². The van der Waals surface area contributed by atoms with Crippen LogP contribution in [0.25, 0.3) is 0 Å². The molecule has 0 amide bonds. The number of anilines is 4. The molecule has 5 N–H and O–H groups in total. The quantitative estimate of drug-likeness (QED) is 0.0115. The molecule has 0 fully saturated rings. The maximum absolute atomic E-state index is 13.5. The van der Waals surface area contributed by atoms with Gasteiger partial charge in [-0.15, -0.1) is 24.8 Å². The Kier molecular flexibility index (Phi) is 20.0. The molecule has 4 aromatic rings. The molecule has 0 aliphatic carbocycles. The SMILES string of the molecule is Nc1nc(N)c(N=Nc2ccc(S(=O)(=O)CCOSOO[O-])cc2S(=O)(=O)[O-])cc1N=Nc1cc(Nc2cc(F)nc(F)n2)ccc1S(=O)(=O)[O-].[Na+].[Na+].[Na+].